The van der Waals surface area contributed by atoms with Gasteiger partial charge in [-0.3, -0.25) is 0 Å². The van der Waals surface area contributed by atoms with E-state index < -0.39 is 11.6 Å². The van der Waals surface area contributed by atoms with E-state index in [4.69, 9.17) is 5.73 Å². The predicted octanol–water partition coefficient (Wildman–Crippen LogP) is 4.28. The molecule has 0 heterocycles. The lowest BCUT2D eigenvalue weighted by atomic mass is 10.1. The van der Waals surface area contributed by atoms with Crippen molar-refractivity contribution in [3.63, 3.8) is 0 Å². The summed E-state index contributed by atoms with van der Waals surface area (Å²) in [5.74, 6) is -1.22. The topological polar surface area (TPSA) is 38.0 Å². The Hall–Kier alpha value is -1.46. The molecule has 20 heavy (non-hydrogen) atoms. The zero-order chi connectivity index (χ0) is 14.3. The summed E-state index contributed by atoms with van der Waals surface area (Å²) in [6.07, 6.45) is 0.683. The van der Waals surface area contributed by atoms with Crippen LogP contribution in [0.5, 0.6) is 0 Å². The van der Waals surface area contributed by atoms with Crippen LogP contribution in [0.1, 0.15) is 29.6 Å². The number of hydrogen-bond donors (Lipinski definition) is 2. The molecule has 2 aromatic carbocycles. The Bertz CT molecular complexity index is 637. The first-order chi connectivity index (χ1) is 9.56. The molecule has 3 rings (SSSR count). The smallest absolute Gasteiger partial charge is 0.150 e. The van der Waals surface area contributed by atoms with Gasteiger partial charge in [-0.05, 0) is 39.5 Å². The number of hydrogen-bond acceptors (Lipinski definition) is 2. The minimum Gasteiger partial charge on any atom is -0.375 e. The van der Waals surface area contributed by atoms with Crippen molar-refractivity contribution in [3.05, 3.63) is 63.6 Å². The lowest BCUT2D eigenvalue weighted by Crippen LogP contribution is -2.11. The molecule has 0 saturated heterocycles. The van der Waals surface area contributed by atoms with Crippen LogP contribution in [0.3, 0.4) is 0 Å². The minimum absolute atomic E-state index is 0.0639. The Morgan fingerprint density at radius 1 is 1.15 bits per heavy atom. The molecule has 1 aliphatic carbocycles. The molecule has 104 valence electrons. The van der Waals surface area contributed by atoms with Crippen LogP contribution in [-0.2, 0) is 0 Å². The van der Waals surface area contributed by atoms with E-state index in [1.807, 2.05) is 24.3 Å². The second-order valence-corrected chi connectivity index (χ2v) is 5.77. The summed E-state index contributed by atoms with van der Waals surface area (Å²) in [6, 6.07) is 9.81. The van der Waals surface area contributed by atoms with Gasteiger partial charge in [0.25, 0.3) is 0 Å². The van der Waals surface area contributed by atoms with E-state index in [9.17, 15) is 8.78 Å². The number of nitrogens with two attached hydrogens (primary N) is 1. The van der Waals surface area contributed by atoms with Crippen LogP contribution in [-0.4, -0.2) is 0 Å². The molecule has 0 fully saturated rings. The molecular weight excluding hydrogens is 326 g/mol. The minimum atomic E-state index is -0.616. The Balaban J connectivity index is 1.94. The summed E-state index contributed by atoms with van der Waals surface area (Å²) in [7, 11) is 0. The summed E-state index contributed by atoms with van der Waals surface area (Å²) >= 11 is 3.19. The van der Waals surface area contributed by atoms with Crippen LogP contribution in [0.4, 0.5) is 14.5 Å². The van der Waals surface area contributed by atoms with Gasteiger partial charge in [-0.25, -0.2) is 8.78 Å². The summed E-state index contributed by atoms with van der Waals surface area (Å²) in [5, 5.41) is 3.12. The van der Waals surface area contributed by atoms with Crippen LogP contribution in [0.2, 0.25) is 0 Å². The molecule has 0 aliphatic heterocycles. The maximum absolute atomic E-state index is 13.9. The molecule has 5 heteroatoms. The summed E-state index contributed by atoms with van der Waals surface area (Å²) in [6.45, 7) is 0. The molecule has 0 radical (unpaired) electrons. The molecule has 0 saturated carbocycles. The maximum atomic E-state index is 13.9. The van der Waals surface area contributed by atoms with E-state index in [1.54, 1.807) is 0 Å². The molecule has 0 spiro atoms. The van der Waals surface area contributed by atoms with Crippen molar-refractivity contribution in [2.75, 3.05) is 5.32 Å². The zero-order valence-corrected chi connectivity index (χ0v) is 12.1. The summed E-state index contributed by atoms with van der Waals surface area (Å²) in [5.41, 5.74) is 8.49. The second-order valence-electron chi connectivity index (χ2n) is 4.91. The average molecular weight is 339 g/mol. The number of benzene rings is 2. The Labute approximate surface area is 124 Å². The fourth-order valence-corrected chi connectivity index (χ4v) is 3.19. The van der Waals surface area contributed by atoms with Crippen molar-refractivity contribution in [2.24, 2.45) is 5.73 Å². The lowest BCUT2D eigenvalue weighted by molar-refractivity contribution is 0.578. The van der Waals surface area contributed by atoms with Crippen molar-refractivity contribution in [1.82, 2.24) is 0 Å². The van der Waals surface area contributed by atoms with Crippen molar-refractivity contribution < 1.29 is 8.78 Å². The summed E-state index contributed by atoms with van der Waals surface area (Å²) < 4.78 is 27.3. The third-order valence-corrected chi connectivity index (χ3v) is 4.21. The van der Waals surface area contributed by atoms with Crippen LogP contribution in [0, 0.1) is 11.6 Å². The normalized spacial score (nSPS) is 20.8. The predicted molar refractivity (Wildman–Crippen MR) is 78.4 cm³/mol. The molecule has 2 aromatic rings. The summed E-state index contributed by atoms with van der Waals surface area (Å²) in [4.78, 5) is 0. The van der Waals surface area contributed by atoms with Crippen molar-refractivity contribution in [2.45, 2.75) is 18.5 Å². The fourth-order valence-electron chi connectivity index (χ4n) is 2.66. The van der Waals surface area contributed by atoms with Crippen LogP contribution >= 0.6 is 15.9 Å². The number of fused-ring (bicyclic) bond motifs is 1. The molecule has 2 nitrogen and oxygen atoms in total. The molecule has 0 aromatic heterocycles. The fraction of sp³-hybridized carbons (Fsp3) is 0.200. The quantitative estimate of drug-likeness (QED) is 0.857. The van der Waals surface area contributed by atoms with E-state index >= 15 is 0 Å². The molecule has 2 unspecified atom stereocenters. The van der Waals surface area contributed by atoms with Crippen molar-refractivity contribution in [1.29, 1.82) is 0 Å². The number of rotatable bonds is 2. The standard InChI is InChI=1S/C15H13BrF2N2/c16-11-5-8(17)6-12(18)15(11)20-14-7-13(19)9-3-1-2-4-10(9)14/h1-6,13-14,20H,7,19H2. The van der Waals surface area contributed by atoms with Gasteiger partial charge in [-0.2, -0.15) is 0 Å². The van der Waals surface area contributed by atoms with Gasteiger partial charge in [-0.15, -0.1) is 0 Å². The zero-order valence-electron chi connectivity index (χ0n) is 10.5. The first-order valence-electron chi connectivity index (χ1n) is 6.31. The van der Waals surface area contributed by atoms with Crippen molar-refractivity contribution in [3.8, 4) is 0 Å². The van der Waals surface area contributed by atoms with Gasteiger partial charge in [0, 0.05) is 16.6 Å². The van der Waals surface area contributed by atoms with Gasteiger partial charge in [0.15, 0.2) is 0 Å². The largest absolute Gasteiger partial charge is 0.375 e. The Morgan fingerprint density at radius 2 is 1.85 bits per heavy atom. The number of anilines is 1. The van der Waals surface area contributed by atoms with Gasteiger partial charge in [-0.1, -0.05) is 24.3 Å². The van der Waals surface area contributed by atoms with E-state index in [0.717, 1.165) is 17.2 Å². The van der Waals surface area contributed by atoms with Gasteiger partial charge in [0.1, 0.15) is 11.6 Å². The van der Waals surface area contributed by atoms with Gasteiger partial charge >= 0.3 is 0 Å². The Kier molecular flexibility index (Phi) is 3.48. The highest BCUT2D eigenvalue weighted by Gasteiger charge is 2.29. The number of halogens is 3. The SMILES string of the molecule is NC1CC(Nc2c(F)cc(F)cc2Br)c2ccccc21. The molecule has 2 atom stereocenters. The lowest BCUT2D eigenvalue weighted by Gasteiger charge is -2.17. The van der Waals surface area contributed by atoms with Crippen molar-refractivity contribution >= 4 is 21.6 Å². The Morgan fingerprint density at radius 3 is 2.55 bits per heavy atom. The highest BCUT2D eigenvalue weighted by Crippen LogP contribution is 2.40. The molecular formula is C15H13BrF2N2. The number of nitrogens with one attached hydrogen (secondary N) is 1. The van der Waals surface area contributed by atoms with Crippen LogP contribution < -0.4 is 11.1 Å². The van der Waals surface area contributed by atoms with E-state index in [1.165, 1.54) is 6.07 Å². The third-order valence-electron chi connectivity index (χ3n) is 3.59. The van der Waals surface area contributed by atoms with Crippen LogP contribution in [0.25, 0.3) is 0 Å². The van der Waals surface area contributed by atoms with E-state index in [0.29, 0.717) is 10.9 Å². The van der Waals surface area contributed by atoms with Crippen LogP contribution in [0.15, 0.2) is 40.9 Å². The van der Waals surface area contributed by atoms with Gasteiger partial charge in [0.2, 0.25) is 0 Å². The van der Waals surface area contributed by atoms with Gasteiger partial charge < -0.3 is 11.1 Å². The second kappa shape index (κ2) is 5.14. The highest BCUT2D eigenvalue weighted by atomic mass is 79.9. The molecule has 0 bridgehead atoms. The molecule has 1 aliphatic rings. The highest BCUT2D eigenvalue weighted by molar-refractivity contribution is 9.10. The first-order valence-corrected chi connectivity index (χ1v) is 7.11. The monoisotopic (exact) mass is 338 g/mol. The molecule has 0 amide bonds. The maximum Gasteiger partial charge on any atom is 0.150 e. The first kappa shape index (κ1) is 13.5. The van der Waals surface area contributed by atoms with Gasteiger partial charge in [0.05, 0.1) is 11.7 Å². The third kappa shape index (κ3) is 2.31. The van der Waals surface area contributed by atoms with E-state index in [2.05, 4.69) is 21.2 Å². The average Bonchev–Trinajstić information content (AvgIpc) is 2.71. The van der Waals surface area contributed by atoms with E-state index in [-0.39, 0.29) is 17.8 Å². The molecule has 3 N–H and O–H groups in total.